The molecule has 2 nitrogen and oxygen atoms in total. The quantitative estimate of drug-likeness (QED) is 0.460. The van der Waals surface area contributed by atoms with Crippen molar-refractivity contribution in [2.24, 2.45) is 0 Å². The molecule has 9 heavy (non-hydrogen) atoms. The number of carboxylic acid groups (broad SMARTS) is 1. The molecule has 0 aliphatic heterocycles. The van der Waals surface area contributed by atoms with Crippen molar-refractivity contribution in [3.05, 3.63) is 24.3 Å². The predicted molar refractivity (Wildman–Crippen MR) is 36.2 cm³/mol. The molecule has 0 aromatic carbocycles. The zero-order valence-corrected chi connectivity index (χ0v) is 5.42. The van der Waals surface area contributed by atoms with E-state index < -0.39 is 5.97 Å². The molecule has 0 amide bonds. The van der Waals surface area contributed by atoms with Crippen molar-refractivity contribution in [3.63, 3.8) is 0 Å². The summed E-state index contributed by atoms with van der Waals surface area (Å²) >= 11 is 0. The Hall–Kier alpha value is -1.05. The van der Waals surface area contributed by atoms with Gasteiger partial charge >= 0.3 is 5.97 Å². The third kappa shape index (κ3) is 4.81. The first kappa shape index (κ1) is 7.95. The fraction of sp³-hybridized carbons (Fsp3) is 0.286. The lowest BCUT2D eigenvalue weighted by atomic mass is 10.2. The van der Waals surface area contributed by atoms with E-state index in [-0.39, 0.29) is 0 Å². The summed E-state index contributed by atoms with van der Waals surface area (Å²) in [6.07, 6.45) is 3.39. The molecular weight excluding hydrogens is 116 g/mol. The second-order valence-electron chi connectivity index (χ2n) is 1.68. The van der Waals surface area contributed by atoms with Crippen LogP contribution in [0.1, 0.15) is 13.3 Å². The van der Waals surface area contributed by atoms with Gasteiger partial charge in [0.2, 0.25) is 0 Å². The lowest BCUT2D eigenvalue weighted by Crippen LogP contribution is -1.85. The molecule has 0 saturated heterocycles. The fourth-order valence-corrected chi connectivity index (χ4v) is 0.307. The van der Waals surface area contributed by atoms with E-state index in [4.69, 9.17) is 5.11 Å². The van der Waals surface area contributed by atoms with Crippen molar-refractivity contribution in [1.29, 1.82) is 0 Å². The molecule has 2 heteroatoms. The van der Waals surface area contributed by atoms with E-state index in [1.165, 1.54) is 6.08 Å². The van der Waals surface area contributed by atoms with Gasteiger partial charge in [0.1, 0.15) is 0 Å². The van der Waals surface area contributed by atoms with Gasteiger partial charge in [0, 0.05) is 6.08 Å². The molecule has 0 aliphatic rings. The molecule has 1 N–H and O–H groups in total. The van der Waals surface area contributed by atoms with Crippen LogP contribution in [0.5, 0.6) is 0 Å². The summed E-state index contributed by atoms with van der Waals surface area (Å²) in [6, 6.07) is 0. The summed E-state index contributed by atoms with van der Waals surface area (Å²) in [5, 5.41) is 8.13. The molecule has 0 spiro atoms. The Balaban J connectivity index is 3.71. The number of rotatable bonds is 3. The standard InChI is InChI=1S/C7H10O2/c1-3-6(2)4-5-7(8)9/h4-5H,2-3H2,1H3,(H,8,9). The number of hydrogen-bond acceptors (Lipinski definition) is 1. The normalized spacial score (nSPS) is 9.89. The fourth-order valence-electron chi connectivity index (χ4n) is 0.307. The first-order valence-corrected chi connectivity index (χ1v) is 2.75. The van der Waals surface area contributed by atoms with E-state index in [0.29, 0.717) is 0 Å². The van der Waals surface area contributed by atoms with Gasteiger partial charge in [-0.15, -0.1) is 0 Å². The molecular formula is C7H10O2. The van der Waals surface area contributed by atoms with Crippen LogP contribution in [0, 0.1) is 0 Å². The number of carbonyl (C=O) groups is 1. The third-order valence-corrected chi connectivity index (χ3v) is 0.916. The first-order chi connectivity index (χ1) is 4.16. The van der Waals surface area contributed by atoms with E-state index in [2.05, 4.69) is 6.58 Å². The van der Waals surface area contributed by atoms with Crippen LogP contribution in [-0.4, -0.2) is 11.1 Å². The maximum atomic E-state index is 9.89. The Labute approximate surface area is 54.5 Å². The Morgan fingerprint density at radius 1 is 1.67 bits per heavy atom. The predicted octanol–water partition coefficient (Wildman–Crippen LogP) is 1.59. The summed E-state index contributed by atoms with van der Waals surface area (Å²) in [6.45, 7) is 5.52. The highest BCUT2D eigenvalue weighted by atomic mass is 16.4. The number of hydrogen-bond donors (Lipinski definition) is 1. The molecule has 0 aliphatic carbocycles. The van der Waals surface area contributed by atoms with Gasteiger partial charge in [0.15, 0.2) is 0 Å². The monoisotopic (exact) mass is 126 g/mol. The molecule has 0 radical (unpaired) electrons. The van der Waals surface area contributed by atoms with Gasteiger partial charge < -0.3 is 5.11 Å². The van der Waals surface area contributed by atoms with Gasteiger partial charge in [-0.25, -0.2) is 4.79 Å². The molecule has 0 bridgehead atoms. The van der Waals surface area contributed by atoms with E-state index >= 15 is 0 Å². The van der Waals surface area contributed by atoms with Crippen LogP contribution in [0.4, 0.5) is 0 Å². The van der Waals surface area contributed by atoms with Crippen molar-refractivity contribution in [2.75, 3.05) is 0 Å². The lowest BCUT2D eigenvalue weighted by Gasteiger charge is -1.87. The minimum Gasteiger partial charge on any atom is -0.478 e. The molecule has 50 valence electrons. The largest absolute Gasteiger partial charge is 0.478 e. The minimum atomic E-state index is -0.926. The Bertz CT molecular complexity index is 145. The van der Waals surface area contributed by atoms with Crippen molar-refractivity contribution in [1.82, 2.24) is 0 Å². The van der Waals surface area contributed by atoms with E-state index in [9.17, 15) is 4.79 Å². The van der Waals surface area contributed by atoms with Gasteiger partial charge in [-0.3, -0.25) is 0 Å². The van der Waals surface area contributed by atoms with Gasteiger partial charge in [-0.05, 0) is 6.42 Å². The highest BCUT2D eigenvalue weighted by Gasteiger charge is 1.85. The molecule has 0 aromatic rings. The number of aliphatic carboxylic acids is 1. The highest BCUT2D eigenvalue weighted by molar-refractivity contribution is 5.80. The third-order valence-electron chi connectivity index (χ3n) is 0.916. The van der Waals surface area contributed by atoms with Crippen LogP contribution in [0.2, 0.25) is 0 Å². The van der Waals surface area contributed by atoms with Crippen LogP contribution in [-0.2, 0) is 4.79 Å². The van der Waals surface area contributed by atoms with Gasteiger partial charge in [0.05, 0.1) is 0 Å². The van der Waals surface area contributed by atoms with Gasteiger partial charge in [0.25, 0.3) is 0 Å². The Morgan fingerprint density at radius 3 is 2.56 bits per heavy atom. The van der Waals surface area contributed by atoms with Crippen LogP contribution in [0.15, 0.2) is 24.3 Å². The summed E-state index contributed by atoms with van der Waals surface area (Å²) in [4.78, 5) is 9.89. The maximum absolute atomic E-state index is 9.89. The summed E-state index contributed by atoms with van der Waals surface area (Å²) in [5.74, 6) is -0.926. The van der Waals surface area contributed by atoms with E-state index in [1.807, 2.05) is 6.92 Å². The average Bonchev–Trinajstić information content (AvgIpc) is 1.83. The van der Waals surface area contributed by atoms with Crippen LogP contribution in [0.25, 0.3) is 0 Å². The van der Waals surface area contributed by atoms with Gasteiger partial charge in [-0.1, -0.05) is 25.2 Å². The second kappa shape index (κ2) is 3.89. The maximum Gasteiger partial charge on any atom is 0.328 e. The van der Waals surface area contributed by atoms with Crippen LogP contribution >= 0.6 is 0 Å². The van der Waals surface area contributed by atoms with Crippen molar-refractivity contribution >= 4 is 5.97 Å². The summed E-state index contributed by atoms with van der Waals surface area (Å²) in [5.41, 5.74) is 0.831. The topological polar surface area (TPSA) is 37.3 Å². The smallest absolute Gasteiger partial charge is 0.328 e. The van der Waals surface area contributed by atoms with E-state index in [0.717, 1.165) is 18.1 Å². The molecule has 0 saturated carbocycles. The Morgan fingerprint density at radius 2 is 2.22 bits per heavy atom. The summed E-state index contributed by atoms with van der Waals surface area (Å²) in [7, 11) is 0. The van der Waals surface area contributed by atoms with Gasteiger partial charge in [-0.2, -0.15) is 0 Å². The zero-order valence-electron chi connectivity index (χ0n) is 5.42. The SMILES string of the molecule is C=C(C=CC(=O)O)CC. The molecule has 0 fully saturated rings. The van der Waals surface area contributed by atoms with Crippen LogP contribution < -0.4 is 0 Å². The molecule has 0 atom stereocenters. The van der Waals surface area contributed by atoms with E-state index in [1.54, 1.807) is 0 Å². The lowest BCUT2D eigenvalue weighted by molar-refractivity contribution is -0.131. The van der Waals surface area contributed by atoms with Crippen LogP contribution in [0.3, 0.4) is 0 Å². The highest BCUT2D eigenvalue weighted by Crippen LogP contribution is 1.96. The molecule has 0 aromatic heterocycles. The molecule has 0 unspecified atom stereocenters. The number of carboxylic acids is 1. The minimum absolute atomic E-state index is 0.795. The Kier molecular flexibility index (Phi) is 3.44. The van der Waals surface area contributed by atoms with Crippen molar-refractivity contribution < 1.29 is 9.90 Å². The van der Waals surface area contributed by atoms with Crippen molar-refractivity contribution in [2.45, 2.75) is 13.3 Å². The first-order valence-electron chi connectivity index (χ1n) is 2.75. The molecule has 0 heterocycles. The molecule has 0 rings (SSSR count). The van der Waals surface area contributed by atoms with Crippen molar-refractivity contribution in [3.8, 4) is 0 Å². The zero-order chi connectivity index (χ0) is 7.28. The second-order valence-corrected chi connectivity index (χ2v) is 1.68. The summed E-state index contributed by atoms with van der Waals surface area (Å²) < 4.78 is 0. The average molecular weight is 126 g/mol. The number of allylic oxidation sites excluding steroid dienone is 2.